The summed E-state index contributed by atoms with van der Waals surface area (Å²) in [6.07, 6.45) is 2.55. The minimum Gasteiger partial charge on any atom is -0.445 e. The maximum atomic E-state index is 12.6. The van der Waals surface area contributed by atoms with E-state index >= 15 is 0 Å². The number of carbonyl (C=O) groups is 2. The Morgan fingerprint density at radius 1 is 1.24 bits per heavy atom. The van der Waals surface area contributed by atoms with Gasteiger partial charge in [-0.1, -0.05) is 65.1 Å². The fraction of sp³-hybridized carbons (Fsp3) is 0.333. The van der Waals surface area contributed by atoms with E-state index in [1.54, 1.807) is 4.90 Å². The van der Waals surface area contributed by atoms with Gasteiger partial charge in [0.25, 0.3) is 0 Å². The maximum Gasteiger partial charge on any atom is 0.409 e. The Hall–Kier alpha value is -1.53. The van der Waals surface area contributed by atoms with Gasteiger partial charge in [0.2, 0.25) is 3.79 Å². The predicted octanol–water partition coefficient (Wildman–Crippen LogP) is 6.14. The number of carbonyl (C=O) groups excluding carboxylic acids is 2. The largest absolute Gasteiger partial charge is 0.445 e. The summed E-state index contributed by atoms with van der Waals surface area (Å²) >= 11 is 18.4. The first-order valence-electron chi connectivity index (χ1n) is 9.18. The van der Waals surface area contributed by atoms with Crippen LogP contribution in [0.15, 0.2) is 41.8 Å². The standard InChI is InChI=1S/C21H20Cl3NO3S/c1-2-25(20(27)28-13-21(22,23)24)10-5-8-16-15-7-4-3-6-14(15)12-18(26)19-17(16)9-11-29-19/h3-4,6-9,11H,2,5,10,12-13H2,1H3/b16-8-. The molecule has 4 nitrogen and oxygen atoms in total. The second-order valence-electron chi connectivity index (χ2n) is 6.58. The van der Waals surface area contributed by atoms with Crippen LogP contribution in [0.25, 0.3) is 5.57 Å². The van der Waals surface area contributed by atoms with Gasteiger partial charge < -0.3 is 9.64 Å². The summed E-state index contributed by atoms with van der Waals surface area (Å²) in [6, 6.07) is 9.93. The molecule has 154 valence electrons. The number of amides is 1. The number of thiophene rings is 1. The lowest BCUT2D eigenvalue weighted by atomic mass is 9.95. The van der Waals surface area contributed by atoms with Crippen molar-refractivity contribution in [3.05, 3.63) is 63.4 Å². The molecule has 1 aromatic heterocycles. The van der Waals surface area contributed by atoms with E-state index in [4.69, 9.17) is 39.5 Å². The zero-order valence-electron chi connectivity index (χ0n) is 15.8. The Bertz CT molecular complexity index is 933. The fourth-order valence-corrected chi connectivity index (χ4v) is 4.28. The number of Topliss-reactive ketones (excluding diaryl/α,β-unsaturated/α-hetero) is 1. The molecule has 1 aliphatic carbocycles. The monoisotopic (exact) mass is 471 g/mol. The molecule has 1 heterocycles. The van der Waals surface area contributed by atoms with Crippen LogP contribution in [0, 0.1) is 0 Å². The highest BCUT2D eigenvalue weighted by Crippen LogP contribution is 2.36. The number of ketones is 1. The molecule has 0 radical (unpaired) electrons. The van der Waals surface area contributed by atoms with Crippen LogP contribution >= 0.6 is 46.1 Å². The van der Waals surface area contributed by atoms with Gasteiger partial charge in [0.1, 0.15) is 6.61 Å². The maximum absolute atomic E-state index is 12.6. The van der Waals surface area contributed by atoms with E-state index in [2.05, 4.69) is 6.08 Å². The molecule has 1 aliphatic rings. The van der Waals surface area contributed by atoms with Gasteiger partial charge in [-0.25, -0.2) is 4.79 Å². The SMILES string of the molecule is CCN(CC/C=C1/c2ccccc2CC(=O)c2sccc21)C(=O)OCC(Cl)(Cl)Cl. The highest BCUT2D eigenvalue weighted by molar-refractivity contribution is 7.12. The summed E-state index contributed by atoms with van der Waals surface area (Å²) in [4.78, 5) is 27.2. The van der Waals surface area contributed by atoms with Crippen LogP contribution in [0.2, 0.25) is 0 Å². The molecule has 0 atom stereocenters. The minimum atomic E-state index is -1.64. The Morgan fingerprint density at radius 2 is 2.00 bits per heavy atom. The predicted molar refractivity (Wildman–Crippen MR) is 119 cm³/mol. The molecule has 0 N–H and O–H groups in total. The zero-order valence-corrected chi connectivity index (χ0v) is 18.9. The van der Waals surface area contributed by atoms with Crippen molar-refractivity contribution in [3.63, 3.8) is 0 Å². The smallest absolute Gasteiger partial charge is 0.409 e. The normalized spacial score (nSPS) is 14.9. The Kier molecular flexibility index (Phi) is 7.28. The molecule has 1 aromatic carbocycles. The second kappa shape index (κ2) is 9.52. The molecule has 0 aliphatic heterocycles. The summed E-state index contributed by atoms with van der Waals surface area (Å²) in [5, 5.41) is 1.94. The van der Waals surface area contributed by atoms with Crippen molar-refractivity contribution in [2.45, 2.75) is 23.6 Å². The number of halogens is 3. The van der Waals surface area contributed by atoms with Crippen LogP contribution in [-0.4, -0.2) is 40.3 Å². The van der Waals surface area contributed by atoms with Crippen molar-refractivity contribution < 1.29 is 14.3 Å². The van der Waals surface area contributed by atoms with Gasteiger partial charge in [0.15, 0.2) is 5.78 Å². The first-order chi connectivity index (χ1) is 13.8. The second-order valence-corrected chi connectivity index (χ2v) is 10.0. The van der Waals surface area contributed by atoms with E-state index < -0.39 is 9.89 Å². The lowest BCUT2D eigenvalue weighted by molar-refractivity contribution is 0.0996. The molecule has 0 saturated heterocycles. The van der Waals surface area contributed by atoms with Gasteiger partial charge in [-0.2, -0.15) is 0 Å². The first kappa shape index (κ1) is 22.2. The van der Waals surface area contributed by atoms with E-state index in [9.17, 15) is 9.59 Å². The lowest BCUT2D eigenvalue weighted by Crippen LogP contribution is -2.34. The van der Waals surface area contributed by atoms with Crippen molar-refractivity contribution >= 4 is 63.6 Å². The number of ether oxygens (including phenoxy) is 1. The average molecular weight is 473 g/mol. The Labute approximate surface area is 189 Å². The molecule has 3 rings (SSSR count). The molecule has 0 spiro atoms. The number of hydrogen-bond donors (Lipinski definition) is 0. The molecule has 0 fully saturated rings. The van der Waals surface area contributed by atoms with E-state index in [-0.39, 0.29) is 12.4 Å². The van der Waals surface area contributed by atoms with Crippen LogP contribution in [0.1, 0.15) is 39.7 Å². The third-order valence-corrected chi connectivity index (χ3v) is 5.90. The molecular formula is C21H20Cl3NO3S. The van der Waals surface area contributed by atoms with Crippen molar-refractivity contribution in [1.29, 1.82) is 0 Å². The van der Waals surface area contributed by atoms with Gasteiger partial charge in [0, 0.05) is 25.1 Å². The van der Waals surface area contributed by atoms with Crippen molar-refractivity contribution in [2.24, 2.45) is 0 Å². The van der Waals surface area contributed by atoms with Crippen molar-refractivity contribution in [2.75, 3.05) is 19.7 Å². The third kappa shape index (κ3) is 5.54. The number of alkyl halides is 3. The number of hydrogen-bond acceptors (Lipinski definition) is 4. The van der Waals surface area contributed by atoms with Gasteiger partial charge in [-0.05, 0) is 41.5 Å². The summed E-state index contributed by atoms with van der Waals surface area (Å²) in [5.74, 6) is 0.135. The molecule has 0 saturated carbocycles. The van der Waals surface area contributed by atoms with Gasteiger partial charge in [0.05, 0.1) is 4.88 Å². The molecule has 0 bridgehead atoms. The van der Waals surface area contributed by atoms with Crippen LogP contribution in [0.3, 0.4) is 0 Å². The van der Waals surface area contributed by atoms with E-state index in [0.29, 0.717) is 25.9 Å². The quantitative estimate of drug-likeness (QED) is 0.491. The van der Waals surface area contributed by atoms with Crippen molar-refractivity contribution in [1.82, 2.24) is 4.90 Å². The van der Waals surface area contributed by atoms with E-state index in [0.717, 1.165) is 27.1 Å². The summed E-state index contributed by atoms with van der Waals surface area (Å²) in [7, 11) is 0. The summed E-state index contributed by atoms with van der Waals surface area (Å²) in [6.45, 7) is 2.48. The molecule has 29 heavy (non-hydrogen) atoms. The number of fused-ring (bicyclic) bond motifs is 2. The van der Waals surface area contributed by atoms with Gasteiger partial charge >= 0.3 is 6.09 Å². The highest BCUT2D eigenvalue weighted by Gasteiger charge is 2.25. The summed E-state index contributed by atoms with van der Waals surface area (Å²) in [5.41, 5.74) is 4.04. The third-order valence-electron chi connectivity index (χ3n) is 4.61. The van der Waals surface area contributed by atoms with Crippen LogP contribution in [-0.2, 0) is 11.2 Å². The van der Waals surface area contributed by atoms with Crippen molar-refractivity contribution in [3.8, 4) is 0 Å². The first-order valence-corrected chi connectivity index (χ1v) is 11.2. The fourth-order valence-electron chi connectivity index (χ4n) is 3.27. The van der Waals surface area contributed by atoms with E-state index in [1.165, 1.54) is 11.3 Å². The Morgan fingerprint density at radius 3 is 2.72 bits per heavy atom. The van der Waals surface area contributed by atoms with Gasteiger partial charge in [-0.3, -0.25) is 4.79 Å². The number of rotatable bonds is 5. The number of benzene rings is 1. The summed E-state index contributed by atoms with van der Waals surface area (Å²) < 4.78 is 3.43. The van der Waals surface area contributed by atoms with Gasteiger partial charge in [-0.15, -0.1) is 11.3 Å². The van der Waals surface area contributed by atoms with Crippen LogP contribution in [0.4, 0.5) is 4.79 Å². The Balaban J connectivity index is 1.79. The topological polar surface area (TPSA) is 46.6 Å². The molecule has 2 aromatic rings. The number of nitrogens with zero attached hydrogens (tertiary/aromatic N) is 1. The highest BCUT2D eigenvalue weighted by atomic mass is 35.6. The molecule has 0 unspecified atom stereocenters. The molecule has 8 heteroatoms. The molecule has 1 amide bonds. The average Bonchev–Trinajstić information content (AvgIpc) is 3.12. The minimum absolute atomic E-state index is 0.135. The van der Waals surface area contributed by atoms with Crippen LogP contribution < -0.4 is 0 Å². The zero-order chi connectivity index (χ0) is 21.0. The molecular weight excluding hydrogens is 453 g/mol. The van der Waals surface area contributed by atoms with Crippen LogP contribution in [0.5, 0.6) is 0 Å². The van der Waals surface area contributed by atoms with E-state index in [1.807, 2.05) is 42.6 Å². The lowest BCUT2D eigenvalue weighted by Gasteiger charge is -2.21.